The van der Waals surface area contributed by atoms with Crippen LogP contribution in [0, 0.1) is 12.7 Å². The summed E-state index contributed by atoms with van der Waals surface area (Å²) in [4.78, 5) is 0. The van der Waals surface area contributed by atoms with Crippen molar-refractivity contribution in [2.45, 2.75) is 18.9 Å². The van der Waals surface area contributed by atoms with Gasteiger partial charge in [0.1, 0.15) is 5.82 Å². The van der Waals surface area contributed by atoms with Crippen molar-refractivity contribution in [3.05, 3.63) is 70.0 Å². The van der Waals surface area contributed by atoms with Gasteiger partial charge in [0.15, 0.2) is 0 Å². The number of aliphatic hydroxyl groups excluding tert-OH is 1. The Kier molecular flexibility index (Phi) is 4.76. The monoisotopic (exact) mass is 293 g/mol. The van der Waals surface area contributed by atoms with Crippen molar-refractivity contribution in [2.75, 3.05) is 6.54 Å². The highest BCUT2D eigenvalue weighted by atomic mass is 35.5. The maximum absolute atomic E-state index is 13.3. The molecule has 0 saturated carbocycles. The minimum absolute atomic E-state index is 0.203. The Hall–Kier alpha value is -1.42. The van der Waals surface area contributed by atoms with Gasteiger partial charge >= 0.3 is 0 Å². The van der Waals surface area contributed by atoms with Crippen LogP contribution >= 0.6 is 11.6 Å². The van der Waals surface area contributed by atoms with E-state index in [4.69, 9.17) is 17.3 Å². The van der Waals surface area contributed by atoms with E-state index in [1.54, 1.807) is 18.2 Å². The minimum Gasteiger partial charge on any atom is -0.388 e. The molecule has 0 aliphatic heterocycles. The topological polar surface area (TPSA) is 46.2 Å². The predicted molar refractivity (Wildman–Crippen MR) is 79.3 cm³/mol. The largest absolute Gasteiger partial charge is 0.388 e. The standard InChI is InChI=1S/C16H17ClFNO/c1-10-4-2-7-13(15(10)17)16(20)14(9-19)11-5-3-6-12(18)8-11/h2-8,14,16,20H,9,19H2,1H3. The fourth-order valence-electron chi connectivity index (χ4n) is 2.30. The summed E-state index contributed by atoms with van der Waals surface area (Å²) >= 11 is 6.23. The molecule has 2 rings (SSSR count). The van der Waals surface area contributed by atoms with Gasteiger partial charge in [0.2, 0.25) is 0 Å². The highest BCUT2D eigenvalue weighted by Gasteiger charge is 2.24. The van der Waals surface area contributed by atoms with Crippen LogP contribution in [0.2, 0.25) is 5.02 Å². The van der Waals surface area contributed by atoms with Crippen LogP contribution in [0.5, 0.6) is 0 Å². The van der Waals surface area contributed by atoms with Crippen molar-refractivity contribution in [3.63, 3.8) is 0 Å². The van der Waals surface area contributed by atoms with Crippen LogP contribution in [0.3, 0.4) is 0 Å². The van der Waals surface area contributed by atoms with Crippen LogP contribution < -0.4 is 5.73 Å². The van der Waals surface area contributed by atoms with Crippen LogP contribution in [0.4, 0.5) is 4.39 Å². The number of halogens is 2. The number of hydrogen-bond acceptors (Lipinski definition) is 2. The molecule has 0 heterocycles. The Bertz CT molecular complexity index is 603. The number of nitrogens with two attached hydrogens (primary N) is 1. The maximum atomic E-state index is 13.3. The Morgan fingerprint density at radius 1 is 1.25 bits per heavy atom. The van der Waals surface area contributed by atoms with Crippen LogP contribution in [0.15, 0.2) is 42.5 Å². The van der Waals surface area contributed by atoms with Crippen LogP contribution in [-0.4, -0.2) is 11.7 Å². The van der Waals surface area contributed by atoms with Crippen LogP contribution in [0.1, 0.15) is 28.7 Å². The van der Waals surface area contributed by atoms with Gasteiger partial charge in [-0.3, -0.25) is 0 Å². The van der Waals surface area contributed by atoms with Gasteiger partial charge in [-0.05, 0) is 30.2 Å². The van der Waals surface area contributed by atoms with Crippen molar-refractivity contribution >= 4 is 11.6 Å². The summed E-state index contributed by atoms with van der Waals surface area (Å²) in [5.74, 6) is -0.742. The van der Waals surface area contributed by atoms with Gasteiger partial charge in [-0.1, -0.05) is 41.9 Å². The number of benzene rings is 2. The number of aryl methyl sites for hydroxylation is 1. The lowest BCUT2D eigenvalue weighted by atomic mass is 9.88. The molecule has 2 atom stereocenters. The third-order valence-electron chi connectivity index (χ3n) is 3.45. The third kappa shape index (κ3) is 3.01. The smallest absolute Gasteiger partial charge is 0.123 e. The van der Waals surface area contributed by atoms with E-state index < -0.39 is 12.0 Å². The molecular weight excluding hydrogens is 277 g/mol. The van der Waals surface area contributed by atoms with Crippen molar-refractivity contribution in [2.24, 2.45) is 5.73 Å². The molecule has 2 nitrogen and oxygen atoms in total. The summed E-state index contributed by atoms with van der Waals surface area (Å²) in [6, 6.07) is 11.6. The molecule has 0 spiro atoms. The zero-order valence-corrected chi connectivity index (χ0v) is 11.9. The molecule has 0 aliphatic rings. The lowest BCUT2D eigenvalue weighted by molar-refractivity contribution is 0.147. The first-order chi connectivity index (χ1) is 9.54. The molecule has 20 heavy (non-hydrogen) atoms. The third-order valence-corrected chi connectivity index (χ3v) is 3.97. The lowest BCUT2D eigenvalue weighted by Crippen LogP contribution is -2.20. The highest BCUT2D eigenvalue weighted by Crippen LogP contribution is 2.35. The highest BCUT2D eigenvalue weighted by molar-refractivity contribution is 6.32. The molecule has 0 aromatic heterocycles. The van der Waals surface area contributed by atoms with Gasteiger partial charge in [0, 0.05) is 23.0 Å². The second-order valence-electron chi connectivity index (χ2n) is 4.82. The first kappa shape index (κ1) is 15.0. The molecule has 2 unspecified atom stereocenters. The van der Waals surface area contributed by atoms with Gasteiger partial charge in [-0.15, -0.1) is 0 Å². The molecule has 0 bridgehead atoms. The zero-order valence-electron chi connectivity index (χ0n) is 11.2. The van der Waals surface area contributed by atoms with E-state index in [2.05, 4.69) is 0 Å². The van der Waals surface area contributed by atoms with E-state index in [1.165, 1.54) is 12.1 Å². The SMILES string of the molecule is Cc1cccc(C(O)C(CN)c2cccc(F)c2)c1Cl. The normalized spacial score (nSPS) is 14.1. The molecule has 0 amide bonds. The maximum Gasteiger partial charge on any atom is 0.123 e. The summed E-state index contributed by atoms with van der Waals surface area (Å²) in [5.41, 5.74) is 7.92. The molecular formula is C16H17ClFNO. The molecule has 2 aromatic carbocycles. The Labute approximate surface area is 123 Å². The van der Waals surface area contributed by atoms with E-state index in [1.807, 2.05) is 19.1 Å². The minimum atomic E-state index is -0.866. The van der Waals surface area contributed by atoms with E-state index >= 15 is 0 Å². The van der Waals surface area contributed by atoms with Crippen molar-refractivity contribution < 1.29 is 9.50 Å². The summed E-state index contributed by atoms with van der Waals surface area (Å²) in [6.07, 6.45) is -0.866. The van der Waals surface area contributed by atoms with Crippen LogP contribution in [-0.2, 0) is 0 Å². The average Bonchev–Trinajstić information content (AvgIpc) is 2.42. The summed E-state index contributed by atoms with van der Waals surface area (Å²) < 4.78 is 13.3. The van der Waals surface area contributed by atoms with Gasteiger partial charge in [-0.25, -0.2) is 4.39 Å². The Morgan fingerprint density at radius 2 is 1.95 bits per heavy atom. The van der Waals surface area contributed by atoms with Gasteiger partial charge in [0.25, 0.3) is 0 Å². The fourth-order valence-corrected chi connectivity index (χ4v) is 2.54. The molecule has 106 valence electrons. The van der Waals surface area contributed by atoms with Gasteiger partial charge < -0.3 is 10.8 Å². The summed E-state index contributed by atoms with van der Waals surface area (Å²) in [5, 5.41) is 11.1. The summed E-state index contributed by atoms with van der Waals surface area (Å²) in [7, 11) is 0. The van der Waals surface area contributed by atoms with Crippen molar-refractivity contribution in [1.82, 2.24) is 0 Å². The first-order valence-corrected chi connectivity index (χ1v) is 6.81. The predicted octanol–water partition coefficient (Wildman–Crippen LogP) is 3.56. The van der Waals surface area contributed by atoms with Crippen LogP contribution in [0.25, 0.3) is 0 Å². The summed E-state index contributed by atoms with van der Waals surface area (Å²) in [6.45, 7) is 2.08. The molecule has 3 N–H and O–H groups in total. The molecule has 0 fully saturated rings. The number of aliphatic hydroxyl groups is 1. The van der Waals surface area contributed by atoms with Crippen molar-refractivity contribution in [3.8, 4) is 0 Å². The Morgan fingerprint density at radius 3 is 2.60 bits per heavy atom. The molecule has 0 saturated heterocycles. The lowest BCUT2D eigenvalue weighted by Gasteiger charge is -2.23. The Balaban J connectivity index is 2.39. The van der Waals surface area contributed by atoms with E-state index in [9.17, 15) is 9.50 Å². The van der Waals surface area contributed by atoms with E-state index in [-0.39, 0.29) is 12.4 Å². The van der Waals surface area contributed by atoms with Gasteiger partial charge in [0.05, 0.1) is 6.10 Å². The quantitative estimate of drug-likeness (QED) is 0.905. The number of rotatable bonds is 4. The van der Waals surface area contributed by atoms with Gasteiger partial charge in [-0.2, -0.15) is 0 Å². The zero-order chi connectivity index (χ0) is 14.7. The van der Waals surface area contributed by atoms with Crippen molar-refractivity contribution in [1.29, 1.82) is 0 Å². The first-order valence-electron chi connectivity index (χ1n) is 6.43. The molecule has 0 aliphatic carbocycles. The molecule has 2 aromatic rings. The second-order valence-corrected chi connectivity index (χ2v) is 5.20. The molecule has 4 heteroatoms. The average molecular weight is 294 g/mol. The number of hydrogen-bond donors (Lipinski definition) is 2. The van der Waals surface area contributed by atoms with E-state index in [0.29, 0.717) is 16.1 Å². The van der Waals surface area contributed by atoms with E-state index in [0.717, 1.165) is 5.56 Å². The second kappa shape index (κ2) is 6.35. The molecule has 0 radical (unpaired) electrons. The fraction of sp³-hybridized carbons (Fsp3) is 0.250.